The second kappa shape index (κ2) is 13.5. The molecule has 258 valence electrons. The van der Waals surface area contributed by atoms with Crippen LogP contribution >= 0.6 is 47.5 Å². The van der Waals surface area contributed by atoms with Gasteiger partial charge in [0.1, 0.15) is 36.3 Å². The van der Waals surface area contributed by atoms with Crippen LogP contribution < -0.4 is 18.6 Å². The van der Waals surface area contributed by atoms with Crippen LogP contribution in [0.3, 0.4) is 0 Å². The number of aromatic nitrogens is 4. The molecule has 0 saturated heterocycles. The number of ether oxygens (including phenoxy) is 2. The Bertz CT molecular complexity index is 1240. The Balaban J connectivity index is 0.000000574. The SMILES string of the molecule is C[n+]1ccn(CCCCOc2cc(Br)c(OCCCCn3cc[n+](C)c3)cc2Br)c1.F[P-](F)(F)(F)(F)F.F[P-](F)(F)(F)(F)F. The van der Waals surface area contributed by atoms with Crippen molar-refractivity contribution in [2.75, 3.05) is 13.2 Å². The van der Waals surface area contributed by atoms with Crippen molar-refractivity contribution in [2.24, 2.45) is 14.1 Å². The van der Waals surface area contributed by atoms with Crippen LogP contribution in [0.25, 0.3) is 0 Å². The maximum atomic E-state index is 9.87. The monoisotopic (exact) mass is 830 g/mol. The van der Waals surface area contributed by atoms with Crippen LogP contribution in [0.5, 0.6) is 11.5 Å². The molecule has 0 amide bonds. The number of hydrogen-bond donors (Lipinski definition) is 0. The first-order chi connectivity index (χ1) is 19.4. The summed E-state index contributed by atoms with van der Waals surface area (Å²) in [6.07, 6.45) is 16.6. The Kier molecular flexibility index (Phi) is 12.4. The number of halogens is 14. The van der Waals surface area contributed by atoms with E-state index < -0.39 is 15.6 Å². The molecule has 0 aliphatic heterocycles. The first kappa shape index (κ1) is 40.2. The molecule has 0 unspecified atom stereocenters. The van der Waals surface area contributed by atoms with Gasteiger partial charge in [-0.25, -0.2) is 18.3 Å². The van der Waals surface area contributed by atoms with Crippen LogP contribution in [0.2, 0.25) is 0 Å². The molecular formula is C22H30Br2F12N4O2P2. The molecule has 0 aliphatic carbocycles. The minimum absolute atomic E-state index is 0.690. The van der Waals surface area contributed by atoms with Crippen molar-refractivity contribution in [3.05, 3.63) is 58.5 Å². The zero-order chi connectivity index (χ0) is 34.2. The second-order valence-electron chi connectivity index (χ2n) is 9.37. The Morgan fingerprint density at radius 1 is 0.591 bits per heavy atom. The van der Waals surface area contributed by atoms with E-state index in [1.807, 2.05) is 26.2 Å². The van der Waals surface area contributed by atoms with E-state index in [2.05, 4.69) is 87.6 Å². The molecule has 22 heteroatoms. The van der Waals surface area contributed by atoms with E-state index in [0.29, 0.717) is 13.2 Å². The van der Waals surface area contributed by atoms with Crippen LogP contribution in [-0.2, 0) is 27.2 Å². The van der Waals surface area contributed by atoms with Crippen molar-refractivity contribution < 1.29 is 69.0 Å². The minimum atomic E-state index is -10.7. The molecule has 0 radical (unpaired) electrons. The molecule has 0 spiro atoms. The van der Waals surface area contributed by atoms with Crippen LogP contribution in [0, 0.1) is 0 Å². The van der Waals surface area contributed by atoms with Crippen LogP contribution in [0.1, 0.15) is 25.7 Å². The Labute approximate surface area is 261 Å². The van der Waals surface area contributed by atoms with Gasteiger partial charge >= 0.3 is 66.0 Å². The summed E-state index contributed by atoms with van der Waals surface area (Å²) in [4.78, 5) is 0. The Hall–Kier alpha value is -1.78. The summed E-state index contributed by atoms with van der Waals surface area (Å²) in [6, 6.07) is 3.95. The topological polar surface area (TPSA) is 36.1 Å². The van der Waals surface area contributed by atoms with Crippen molar-refractivity contribution in [3.8, 4) is 11.5 Å². The molecule has 0 bridgehead atoms. The van der Waals surface area contributed by atoms with Crippen molar-refractivity contribution >= 4 is 47.5 Å². The summed E-state index contributed by atoms with van der Waals surface area (Å²) >= 11 is 7.21. The first-order valence-electron chi connectivity index (χ1n) is 12.3. The van der Waals surface area contributed by atoms with E-state index >= 15 is 0 Å². The molecular weight excluding hydrogens is 802 g/mol. The Morgan fingerprint density at radius 3 is 1.14 bits per heavy atom. The molecule has 3 aromatic rings. The van der Waals surface area contributed by atoms with E-state index in [9.17, 15) is 50.4 Å². The number of imidazole rings is 2. The van der Waals surface area contributed by atoms with Crippen molar-refractivity contribution in [1.29, 1.82) is 0 Å². The number of aryl methyl sites for hydroxylation is 4. The van der Waals surface area contributed by atoms with Gasteiger partial charge in [0.15, 0.2) is 0 Å². The van der Waals surface area contributed by atoms with Gasteiger partial charge in [-0.15, -0.1) is 0 Å². The van der Waals surface area contributed by atoms with E-state index in [1.54, 1.807) is 0 Å². The number of unbranched alkanes of at least 4 members (excludes halogenated alkanes) is 2. The summed E-state index contributed by atoms with van der Waals surface area (Å²) in [5.74, 6) is 1.67. The van der Waals surface area contributed by atoms with Gasteiger partial charge in [-0.1, -0.05) is 0 Å². The molecule has 3 rings (SSSR count). The standard InChI is InChI=1S/C22H30Br2N4O2.2F6P/c1-25-9-11-27(17-25)7-3-5-13-29-21-15-20(24)22(16-19(21)23)30-14-6-4-8-28-12-10-26(2)18-28;2*1-7(2,3,4,5)6/h9-12,15-18H,3-8,13-14H2,1-2H3;;/q+2;2*-1. The third-order valence-electron chi connectivity index (χ3n) is 4.77. The van der Waals surface area contributed by atoms with E-state index in [4.69, 9.17) is 9.47 Å². The summed E-state index contributed by atoms with van der Waals surface area (Å²) in [7, 11) is -17.2. The van der Waals surface area contributed by atoms with Gasteiger partial charge in [-0.2, -0.15) is 0 Å². The maximum absolute atomic E-state index is 10.7. The molecule has 44 heavy (non-hydrogen) atoms. The molecule has 0 atom stereocenters. The molecule has 0 fully saturated rings. The van der Waals surface area contributed by atoms with Crippen LogP contribution in [0.4, 0.5) is 50.4 Å². The first-order valence-corrected chi connectivity index (χ1v) is 17.9. The third kappa shape index (κ3) is 26.6. The third-order valence-corrected chi connectivity index (χ3v) is 6.01. The van der Waals surface area contributed by atoms with Gasteiger partial charge < -0.3 is 9.47 Å². The average Bonchev–Trinajstić information content (AvgIpc) is 3.39. The normalized spacial score (nSPS) is 14.9. The molecule has 6 nitrogen and oxygen atoms in total. The predicted molar refractivity (Wildman–Crippen MR) is 150 cm³/mol. The number of hydrogen-bond acceptors (Lipinski definition) is 2. The molecule has 2 aromatic heterocycles. The van der Waals surface area contributed by atoms with Gasteiger partial charge in [-0.05, 0) is 69.7 Å². The van der Waals surface area contributed by atoms with Crippen molar-refractivity contribution in [3.63, 3.8) is 0 Å². The summed E-state index contributed by atoms with van der Waals surface area (Å²) < 4.78 is 141. The van der Waals surface area contributed by atoms with E-state index in [-0.39, 0.29) is 0 Å². The van der Waals surface area contributed by atoms with Gasteiger partial charge in [-0.3, -0.25) is 0 Å². The molecule has 0 N–H and O–H groups in total. The quantitative estimate of drug-likeness (QED) is 0.0789. The van der Waals surface area contributed by atoms with E-state index in [1.165, 1.54) is 0 Å². The Morgan fingerprint density at radius 2 is 0.886 bits per heavy atom. The van der Waals surface area contributed by atoms with Crippen LogP contribution in [0.15, 0.2) is 58.5 Å². The van der Waals surface area contributed by atoms with Gasteiger partial charge in [0.25, 0.3) is 0 Å². The van der Waals surface area contributed by atoms with E-state index in [0.717, 1.165) is 59.2 Å². The van der Waals surface area contributed by atoms with Crippen molar-refractivity contribution in [2.45, 2.75) is 38.8 Å². The summed E-state index contributed by atoms with van der Waals surface area (Å²) in [5.41, 5.74) is 0. The molecule has 0 aliphatic rings. The molecule has 0 saturated carbocycles. The zero-order valence-corrected chi connectivity index (χ0v) is 28.0. The van der Waals surface area contributed by atoms with Crippen LogP contribution in [-0.4, -0.2) is 22.3 Å². The average molecular weight is 832 g/mol. The fourth-order valence-electron chi connectivity index (χ4n) is 3.16. The van der Waals surface area contributed by atoms with Gasteiger partial charge in [0.05, 0.1) is 49.3 Å². The summed E-state index contributed by atoms with van der Waals surface area (Å²) in [6.45, 7) is 3.39. The fraction of sp³-hybridized carbons (Fsp3) is 0.455. The van der Waals surface area contributed by atoms with Gasteiger partial charge in [0, 0.05) is 0 Å². The fourth-order valence-corrected chi connectivity index (χ4v) is 4.03. The molecule has 1 aromatic carbocycles. The predicted octanol–water partition coefficient (Wildman–Crippen LogP) is 10.9. The van der Waals surface area contributed by atoms with Gasteiger partial charge in [0.2, 0.25) is 12.7 Å². The second-order valence-corrected chi connectivity index (χ2v) is 14.9. The summed E-state index contributed by atoms with van der Waals surface area (Å²) in [5, 5.41) is 0. The number of benzene rings is 1. The molecule has 2 heterocycles. The number of nitrogens with zero attached hydrogens (tertiary/aromatic N) is 4. The number of rotatable bonds is 12. The van der Waals surface area contributed by atoms with Crippen molar-refractivity contribution in [1.82, 2.24) is 9.13 Å². The zero-order valence-electron chi connectivity index (χ0n) is 23.1.